The lowest BCUT2D eigenvalue weighted by molar-refractivity contribution is 0.0950. The van der Waals surface area contributed by atoms with Crippen LogP contribution in [0.3, 0.4) is 0 Å². The van der Waals surface area contributed by atoms with Crippen LogP contribution in [0.15, 0.2) is 47.7 Å². The van der Waals surface area contributed by atoms with Gasteiger partial charge in [0.05, 0.1) is 23.4 Å². The van der Waals surface area contributed by atoms with Gasteiger partial charge in [0.15, 0.2) is 5.75 Å². The third-order valence-electron chi connectivity index (χ3n) is 3.76. The third kappa shape index (κ3) is 5.41. The highest BCUT2D eigenvalue weighted by Crippen LogP contribution is 2.36. The molecule has 10 heteroatoms. The maximum Gasteiger partial charge on any atom is 0.289 e. The first-order valence-electron chi connectivity index (χ1n) is 8.25. The van der Waals surface area contributed by atoms with Gasteiger partial charge in [-0.1, -0.05) is 34.8 Å². The van der Waals surface area contributed by atoms with Crippen molar-refractivity contribution in [3.8, 4) is 11.5 Å². The Hall–Kier alpha value is -2.74. The van der Waals surface area contributed by atoms with Gasteiger partial charge in [-0.15, -0.1) is 0 Å². The Labute approximate surface area is 181 Å². The summed E-state index contributed by atoms with van der Waals surface area (Å²) in [5, 5.41) is 11.2. The van der Waals surface area contributed by atoms with E-state index in [-0.39, 0.29) is 6.61 Å². The van der Waals surface area contributed by atoms with E-state index in [1.54, 1.807) is 37.4 Å². The molecule has 1 amide bonds. The SMILES string of the molecule is COc1ccc(C=NNC(=O)c2ccn[nH]2)cc1COc1c(Cl)cc(Cl)cc1Cl. The third-order valence-corrected chi connectivity index (χ3v) is 4.54. The zero-order valence-electron chi connectivity index (χ0n) is 15.1. The maximum atomic E-state index is 11.8. The number of hydrazone groups is 1. The number of ether oxygens (including phenoxy) is 2. The zero-order valence-corrected chi connectivity index (χ0v) is 17.3. The van der Waals surface area contributed by atoms with E-state index < -0.39 is 5.91 Å². The Bertz CT molecular complexity index is 1020. The van der Waals surface area contributed by atoms with Crippen molar-refractivity contribution in [2.24, 2.45) is 5.10 Å². The van der Waals surface area contributed by atoms with Gasteiger partial charge in [-0.2, -0.15) is 10.2 Å². The van der Waals surface area contributed by atoms with E-state index in [2.05, 4.69) is 20.7 Å². The molecule has 0 unspecified atom stereocenters. The van der Waals surface area contributed by atoms with Gasteiger partial charge in [0.25, 0.3) is 5.91 Å². The number of methoxy groups -OCH3 is 1. The molecule has 1 aromatic heterocycles. The molecule has 7 nitrogen and oxygen atoms in total. The molecule has 2 N–H and O–H groups in total. The Morgan fingerprint density at radius 3 is 2.62 bits per heavy atom. The summed E-state index contributed by atoms with van der Waals surface area (Å²) in [5.41, 5.74) is 4.18. The molecule has 0 aliphatic rings. The molecule has 0 saturated carbocycles. The second-order valence-corrected chi connectivity index (χ2v) is 6.98. The Balaban J connectivity index is 1.72. The Kier molecular flexibility index (Phi) is 6.98. The number of H-pyrrole nitrogens is 1. The van der Waals surface area contributed by atoms with Crippen LogP contribution in [0.1, 0.15) is 21.6 Å². The van der Waals surface area contributed by atoms with E-state index in [4.69, 9.17) is 44.3 Å². The molecule has 0 spiro atoms. The largest absolute Gasteiger partial charge is 0.496 e. The highest BCUT2D eigenvalue weighted by molar-refractivity contribution is 6.40. The lowest BCUT2D eigenvalue weighted by atomic mass is 10.1. The number of aromatic amines is 1. The average Bonchev–Trinajstić information content (AvgIpc) is 3.22. The van der Waals surface area contributed by atoms with Crippen LogP contribution in [0.2, 0.25) is 15.1 Å². The lowest BCUT2D eigenvalue weighted by Crippen LogP contribution is -2.18. The molecule has 0 saturated heterocycles. The topological polar surface area (TPSA) is 88.6 Å². The van der Waals surface area contributed by atoms with Crippen LogP contribution in [0, 0.1) is 0 Å². The van der Waals surface area contributed by atoms with E-state index in [0.29, 0.717) is 32.3 Å². The van der Waals surface area contributed by atoms with E-state index in [0.717, 1.165) is 11.1 Å². The summed E-state index contributed by atoms with van der Waals surface area (Å²) in [6.45, 7) is 0.145. The van der Waals surface area contributed by atoms with E-state index >= 15 is 0 Å². The quantitative estimate of drug-likeness (QED) is 0.400. The highest BCUT2D eigenvalue weighted by Gasteiger charge is 2.12. The van der Waals surface area contributed by atoms with Crippen molar-refractivity contribution in [1.82, 2.24) is 15.6 Å². The number of halogens is 3. The standard InChI is InChI=1S/C19H15Cl3N4O3/c1-28-17-3-2-11(9-24-26-19(27)16-4-5-23-25-16)6-12(17)10-29-18-14(21)7-13(20)8-15(18)22/h2-9H,10H2,1H3,(H,23,25)(H,26,27). The molecule has 150 valence electrons. The minimum atomic E-state index is -0.400. The van der Waals surface area contributed by atoms with E-state index in [1.165, 1.54) is 12.4 Å². The van der Waals surface area contributed by atoms with E-state index in [1.807, 2.05) is 6.07 Å². The van der Waals surface area contributed by atoms with Gasteiger partial charge in [-0.3, -0.25) is 9.89 Å². The summed E-state index contributed by atoms with van der Waals surface area (Å²) in [6, 6.07) is 10.0. The maximum absolute atomic E-state index is 11.8. The molecular weight excluding hydrogens is 439 g/mol. The van der Waals surface area contributed by atoms with Crippen LogP contribution in [0.25, 0.3) is 0 Å². The Morgan fingerprint density at radius 1 is 1.21 bits per heavy atom. The summed E-state index contributed by atoms with van der Waals surface area (Å²) in [4.78, 5) is 11.8. The fourth-order valence-electron chi connectivity index (χ4n) is 2.42. The molecule has 2 aromatic carbocycles. The molecule has 0 radical (unpaired) electrons. The number of benzene rings is 2. The number of carbonyl (C=O) groups excluding carboxylic acids is 1. The summed E-state index contributed by atoms with van der Waals surface area (Å²) in [7, 11) is 1.56. The normalized spacial score (nSPS) is 10.9. The highest BCUT2D eigenvalue weighted by atomic mass is 35.5. The van der Waals surface area contributed by atoms with Crippen molar-refractivity contribution < 1.29 is 14.3 Å². The molecule has 0 bridgehead atoms. The first kappa shape index (κ1) is 21.0. The molecule has 0 aliphatic heterocycles. The fourth-order valence-corrected chi connectivity index (χ4v) is 3.34. The molecule has 0 aliphatic carbocycles. The Morgan fingerprint density at radius 2 is 1.97 bits per heavy atom. The van der Waals surface area contributed by atoms with Crippen LogP contribution in [-0.4, -0.2) is 29.4 Å². The van der Waals surface area contributed by atoms with Crippen LogP contribution in [0.5, 0.6) is 11.5 Å². The van der Waals surface area contributed by atoms with Gasteiger partial charge in [0, 0.05) is 16.8 Å². The second kappa shape index (κ2) is 9.65. The number of aromatic nitrogens is 2. The molecule has 29 heavy (non-hydrogen) atoms. The lowest BCUT2D eigenvalue weighted by Gasteiger charge is -2.13. The van der Waals surface area contributed by atoms with Gasteiger partial charge in [-0.25, -0.2) is 5.43 Å². The van der Waals surface area contributed by atoms with Crippen molar-refractivity contribution >= 4 is 46.9 Å². The molecular formula is C19H15Cl3N4O3. The summed E-state index contributed by atoms with van der Waals surface area (Å²) < 4.78 is 11.1. The number of rotatable bonds is 7. The predicted octanol–water partition coefficient (Wildman–Crippen LogP) is 4.72. The van der Waals surface area contributed by atoms with Gasteiger partial charge in [0.1, 0.15) is 18.1 Å². The van der Waals surface area contributed by atoms with Crippen molar-refractivity contribution in [3.05, 3.63) is 74.5 Å². The summed E-state index contributed by atoms with van der Waals surface area (Å²) >= 11 is 18.2. The van der Waals surface area contributed by atoms with Gasteiger partial charge >= 0.3 is 0 Å². The van der Waals surface area contributed by atoms with Gasteiger partial charge in [-0.05, 0) is 42.0 Å². The second-order valence-electron chi connectivity index (χ2n) is 5.73. The van der Waals surface area contributed by atoms with Crippen molar-refractivity contribution in [1.29, 1.82) is 0 Å². The predicted molar refractivity (Wildman–Crippen MR) is 112 cm³/mol. The minimum Gasteiger partial charge on any atom is -0.496 e. The van der Waals surface area contributed by atoms with Crippen LogP contribution >= 0.6 is 34.8 Å². The summed E-state index contributed by atoms with van der Waals surface area (Å²) in [6.07, 6.45) is 2.98. The number of hydrogen-bond donors (Lipinski definition) is 2. The number of nitrogens with zero attached hydrogens (tertiary/aromatic N) is 2. The number of nitrogens with one attached hydrogen (secondary N) is 2. The fraction of sp³-hybridized carbons (Fsp3) is 0.105. The average molecular weight is 454 g/mol. The smallest absolute Gasteiger partial charge is 0.289 e. The monoisotopic (exact) mass is 452 g/mol. The molecule has 1 heterocycles. The van der Waals surface area contributed by atoms with Crippen LogP contribution in [-0.2, 0) is 6.61 Å². The van der Waals surface area contributed by atoms with Crippen molar-refractivity contribution in [2.75, 3.05) is 7.11 Å². The first-order valence-corrected chi connectivity index (χ1v) is 9.38. The van der Waals surface area contributed by atoms with Crippen molar-refractivity contribution in [2.45, 2.75) is 6.61 Å². The minimum absolute atomic E-state index is 0.145. The number of hydrogen-bond acceptors (Lipinski definition) is 5. The van der Waals surface area contributed by atoms with E-state index in [9.17, 15) is 4.79 Å². The van der Waals surface area contributed by atoms with Crippen LogP contribution in [0.4, 0.5) is 0 Å². The van der Waals surface area contributed by atoms with Gasteiger partial charge < -0.3 is 9.47 Å². The molecule has 3 rings (SSSR count). The number of carbonyl (C=O) groups is 1. The summed E-state index contributed by atoms with van der Waals surface area (Å²) in [5.74, 6) is 0.540. The zero-order chi connectivity index (χ0) is 20.8. The molecule has 0 atom stereocenters. The van der Waals surface area contributed by atoms with Gasteiger partial charge in [0.2, 0.25) is 0 Å². The molecule has 3 aromatic rings. The number of amides is 1. The van der Waals surface area contributed by atoms with Crippen molar-refractivity contribution in [3.63, 3.8) is 0 Å². The first-order chi connectivity index (χ1) is 14.0. The van der Waals surface area contributed by atoms with Crippen LogP contribution < -0.4 is 14.9 Å². The molecule has 0 fully saturated rings.